The van der Waals surface area contributed by atoms with Crippen molar-refractivity contribution in [2.75, 3.05) is 44.7 Å². The molecule has 0 atom stereocenters. The Bertz CT molecular complexity index is 1100. The molecule has 0 amide bonds. The highest BCUT2D eigenvalue weighted by atomic mass is 16.5. The predicted molar refractivity (Wildman–Crippen MR) is 122 cm³/mol. The molecule has 2 aromatic carbocycles. The summed E-state index contributed by atoms with van der Waals surface area (Å²) in [7, 11) is 0. The molecule has 5 nitrogen and oxygen atoms in total. The molecule has 0 aliphatic carbocycles. The van der Waals surface area contributed by atoms with E-state index in [1.165, 1.54) is 11.1 Å². The van der Waals surface area contributed by atoms with E-state index in [1.54, 1.807) is 0 Å². The predicted octanol–water partition coefficient (Wildman–Crippen LogP) is 4.41. The first-order chi connectivity index (χ1) is 14.9. The smallest absolute Gasteiger partial charge is 0.139 e. The van der Waals surface area contributed by atoms with Gasteiger partial charge in [0.2, 0.25) is 0 Å². The Hall–Kier alpha value is -3.15. The topological polar surface area (TPSA) is 41.8 Å². The summed E-state index contributed by atoms with van der Waals surface area (Å²) in [5.41, 5.74) is 5.50. The number of rotatable bonds is 6. The number of anilines is 1. The molecule has 0 bridgehead atoms. The van der Waals surface area contributed by atoms with Gasteiger partial charge < -0.3 is 10.1 Å². The van der Waals surface area contributed by atoms with Crippen molar-refractivity contribution in [1.82, 2.24) is 14.3 Å². The molecule has 3 heterocycles. The van der Waals surface area contributed by atoms with Crippen molar-refractivity contribution < 1.29 is 4.74 Å². The summed E-state index contributed by atoms with van der Waals surface area (Å²) in [6.07, 6.45) is 2.07. The number of pyridine rings is 1. The van der Waals surface area contributed by atoms with Gasteiger partial charge in [0.05, 0.1) is 13.2 Å². The van der Waals surface area contributed by atoms with Crippen LogP contribution < -0.4 is 5.32 Å². The van der Waals surface area contributed by atoms with Crippen molar-refractivity contribution in [1.29, 1.82) is 0 Å². The number of benzene rings is 2. The quantitative estimate of drug-likeness (QED) is 0.522. The van der Waals surface area contributed by atoms with E-state index in [4.69, 9.17) is 9.72 Å². The van der Waals surface area contributed by atoms with E-state index in [0.717, 1.165) is 62.1 Å². The highest BCUT2D eigenvalue weighted by molar-refractivity contribution is 5.78. The minimum Gasteiger partial charge on any atom is -0.379 e. The molecule has 1 saturated heterocycles. The number of ether oxygens (including phenoxy) is 1. The van der Waals surface area contributed by atoms with Crippen molar-refractivity contribution in [2.45, 2.75) is 0 Å². The Morgan fingerprint density at radius 3 is 2.30 bits per heavy atom. The number of imidazole rings is 1. The molecule has 4 aromatic rings. The summed E-state index contributed by atoms with van der Waals surface area (Å²) in [6.45, 7) is 5.53. The third-order valence-electron chi connectivity index (χ3n) is 5.62. The maximum atomic E-state index is 5.45. The lowest BCUT2D eigenvalue weighted by Crippen LogP contribution is -2.39. The molecule has 0 spiro atoms. The third-order valence-corrected chi connectivity index (χ3v) is 5.62. The number of aromatic nitrogens is 2. The van der Waals surface area contributed by atoms with Gasteiger partial charge in [0.15, 0.2) is 0 Å². The fourth-order valence-electron chi connectivity index (χ4n) is 3.97. The van der Waals surface area contributed by atoms with Gasteiger partial charge in [0.25, 0.3) is 0 Å². The molecule has 0 saturated carbocycles. The zero-order chi connectivity index (χ0) is 20.2. The Balaban J connectivity index is 1.41. The summed E-state index contributed by atoms with van der Waals surface area (Å²) in [5.74, 6) is 1.05. The number of morpholine rings is 1. The van der Waals surface area contributed by atoms with E-state index in [-0.39, 0.29) is 0 Å². The molecule has 2 aromatic heterocycles. The Morgan fingerprint density at radius 1 is 0.800 bits per heavy atom. The lowest BCUT2D eigenvalue weighted by atomic mass is 10.0. The first-order valence-electron chi connectivity index (χ1n) is 10.6. The van der Waals surface area contributed by atoms with Crippen molar-refractivity contribution in [2.24, 2.45) is 0 Å². The minimum absolute atomic E-state index is 0.828. The van der Waals surface area contributed by atoms with Gasteiger partial charge in [-0.3, -0.25) is 9.30 Å². The Morgan fingerprint density at radius 2 is 1.50 bits per heavy atom. The van der Waals surface area contributed by atoms with Crippen LogP contribution in [0.5, 0.6) is 0 Å². The largest absolute Gasteiger partial charge is 0.379 e. The summed E-state index contributed by atoms with van der Waals surface area (Å²) in [6, 6.07) is 25.3. The standard InChI is InChI=1S/C25H26N4O/c1-2-6-20(7-3-1)21-9-11-22(12-10-21)24-25(29-14-5-4-8-23(29)27-24)26-13-15-28-16-18-30-19-17-28/h1-12,14,26H,13,15-19H2. The van der Waals surface area contributed by atoms with Gasteiger partial charge in [0.1, 0.15) is 17.2 Å². The zero-order valence-electron chi connectivity index (χ0n) is 17.0. The number of nitrogens with one attached hydrogen (secondary N) is 1. The van der Waals surface area contributed by atoms with Crippen LogP contribution in [0.1, 0.15) is 0 Å². The summed E-state index contributed by atoms with van der Waals surface area (Å²) in [4.78, 5) is 7.36. The second kappa shape index (κ2) is 8.69. The van der Waals surface area contributed by atoms with Crippen LogP contribution in [-0.2, 0) is 4.74 Å². The number of hydrogen-bond donors (Lipinski definition) is 1. The van der Waals surface area contributed by atoms with Gasteiger partial charge in [-0.15, -0.1) is 0 Å². The van der Waals surface area contributed by atoms with Gasteiger partial charge in [-0.05, 0) is 23.3 Å². The van der Waals surface area contributed by atoms with E-state index in [0.29, 0.717) is 0 Å². The zero-order valence-corrected chi connectivity index (χ0v) is 17.0. The van der Waals surface area contributed by atoms with E-state index >= 15 is 0 Å². The van der Waals surface area contributed by atoms with Gasteiger partial charge >= 0.3 is 0 Å². The minimum atomic E-state index is 0.828. The molecule has 0 unspecified atom stereocenters. The van der Waals surface area contributed by atoms with Gasteiger partial charge in [0, 0.05) is 37.9 Å². The molecule has 5 heteroatoms. The van der Waals surface area contributed by atoms with Crippen molar-refractivity contribution >= 4 is 11.5 Å². The lowest BCUT2D eigenvalue weighted by molar-refractivity contribution is 0.0398. The lowest BCUT2D eigenvalue weighted by Gasteiger charge is -2.26. The second-order valence-corrected chi connectivity index (χ2v) is 7.56. The molecule has 152 valence electrons. The maximum Gasteiger partial charge on any atom is 0.139 e. The second-order valence-electron chi connectivity index (χ2n) is 7.56. The molecule has 1 aliphatic rings. The van der Waals surface area contributed by atoms with Crippen LogP contribution in [0.15, 0.2) is 79.0 Å². The fraction of sp³-hybridized carbons (Fsp3) is 0.240. The van der Waals surface area contributed by atoms with Crippen LogP contribution in [0.25, 0.3) is 28.0 Å². The van der Waals surface area contributed by atoms with E-state index in [9.17, 15) is 0 Å². The first kappa shape index (κ1) is 18.9. The first-order valence-corrected chi connectivity index (χ1v) is 10.6. The molecular formula is C25H26N4O. The number of fused-ring (bicyclic) bond motifs is 1. The summed E-state index contributed by atoms with van der Waals surface area (Å²) >= 11 is 0. The van der Waals surface area contributed by atoms with Crippen LogP contribution in [0, 0.1) is 0 Å². The van der Waals surface area contributed by atoms with Gasteiger partial charge in [-0.2, -0.15) is 0 Å². The van der Waals surface area contributed by atoms with E-state index < -0.39 is 0 Å². The third kappa shape index (κ3) is 3.95. The molecule has 30 heavy (non-hydrogen) atoms. The Labute approximate surface area is 176 Å². The van der Waals surface area contributed by atoms with Crippen LogP contribution in [0.2, 0.25) is 0 Å². The van der Waals surface area contributed by atoms with E-state index in [2.05, 4.69) is 75.4 Å². The highest BCUT2D eigenvalue weighted by Gasteiger charge is 2.15. The maximum absolute atomic E-state index is 5.45. The average molecular weight is 399 g/mol. The highest BCUT2D eigenvalue weighted by Crippen LogP contribution is 2.30. The summed E-state index contributed by atoms with van der Waals surface area (Å²) in [5, 5.41) is 3.65. The SMILES string of the molecule is c1ccc(-c2ccc(-c3nc4ccccn4c3NCCN3CCOCC3)cc2)cc1. The molecule has 0 radical (unpaired) electrons. The molecule has 1 aliphatic heterocycles. The Kier molecular flexibility index (Phi) is 5.46. The van der Waals surface area contributed by atoms with Crippen molar-refractivity contribution in [3.8, 4) is 22.4 Å². The number of nitrogens with zero attached hydrogens (tertiary/aromatic N) is 3. The summed E-state index contributed by atoms with van der Waals surface area (Å²) < 4.78 is 7.59. The molecule has 1 N–H and O–H groups in total. The van der Waals surface area contributed by atoms with Crippen molar-refractivity contribution in [3.63, 3.8) is 0 Å². The van der Waals surface area contributed by atoms with Crippen LogP contribution in [-0.4, -0.2) is 53.7 Å². The van der Waals surface area contributed by atoms with E-state index in [1.807, 2.05) is 18.2 Å². The normalized spacial score (nSPS) is 14.8. The van der Waals surface area contributed by atoms with Gasteiger partial charge in [-0.1, -0.05) is 60.7 Å². The monoisotopic (exact) mass is 398 g/mol. The molecular weight excluding hydrogens is 372 g/mol. The van der Waals surface area contributed by atoms with Crippen LogP contribution in [0.3, 0.4) is 0 Å². The van der Waals surface area contributed by atoms with Gasteiger partial charge in [-0.25, -0.2) is 4.98 Å². The fourth-order valence-corrected chi connectivity index (χ4v) is 3.97. The van der Waals surface area contributed by atoms with Crippen LogP contribution in [0.4, 0.5) is 5.82 Å². The molecule has 1 fully saturated rings. The average Bonchev–Trinajstić information content (AvgIpc) is 3.19. The van der Waals surface area contributed by atoms with Crippen LogP contribution >= 0.6 is 0 Å². The van der Waals surface area contributed by atoms with Crippen molar-refractivity contribution in [3.05, 3.63) is 79.0 Å². The number of hydrogen-bond acceptors (Lipinski definition) is 4. The molecule has 5 rings (SSSR count).